The smallest absolute Gasteiger partial charge is 0.264 e. The van der Waals surface area contributed by atoms with E-state index in [0.29, 0.717) is 17.2 Å². The van der Waals surface area contributed by atoms with Crippen LogP contribution in [0, 0.1) is 6.92 Å². The Balaban J connectivity index is 2.08. The Kier molecular flexibility index (Phi) is 11.2. The van der Waals surface area contributed by atoms with Crippen molar-refractivity contribution in [2.24, 2.45) is 0 Å². The van der Waals surface area contributed by atoms with Crippen LogP contribution in [0.2, 0.25) is 5.02 Å². The maximum Gasteiger partial charge on any atom is 0.264 e. The van der Waals surface area contributed by atoms with Gasteiger partial charge in [0.2, 0.25) is 11.8 Å². The molecule has 0 heterocycles. The number of amides is 2. The predicted octanol–water partition coefficient (Wildman–Crippen LogP) is 5.57. The average molecular weight is 600 g/mol. The molecule has 0 spiro atoms. The third kappa shape index (κ3) is 8.01. The highest BCUT2D eigenvalue weighted by Crippen LogP contribution is 2.29. The average Bonchev–Trinajstić information content (AvgIpc) is 2.97. The fourth-order valence-electron chi connectivity index (χ4n) is 4.31. The van der Waals surface area contributed by atoms with Gasteiger partial charge >= 0.3 is 0 Å². The van der Waals surface area contributed by atoms with E-state index >= 15 is 0 Å². The van der Waals surface area contributed by atoms with Crippen LogP contribution in [0.15, 0.2) is 77.7 Å². The van der Waals surface area contributed by atoms with E-state index in [9.17, 15) is 18.0 Å². The van der Waals surface area contributed by atoms with Gasteiger partial charge in [0, 0.05) is 17.6 Å². The number of ether oxygens (including phenoxy) is 1. The van der Waals surface area contributed by atoms with Crippen LogP contribution < -0.4 is 14.4 Å². The zero-order valence-corrected chi connectivity index (χ0v) is 25.7. The maximum absolute atomic E-state index is 14.2. The normalized spacial score (nSPS) is 12.7. The number of hydrogen-bond acceptors (Lipinski definition) is 5. The fraction of sp³-hybridized carbons (Fsp3) is 0.355. The van der Waals surface area contributed by atoms with Crippen LogP contribution in [0.1, 0.15) is 44.7 Å². The van der Waals surface area contributed by atoms with Crippen LogP contribution in [0.3, 0.4) is 0 Å². The summed E-state index contributed by atoms with van der Waals surface area (Å²) in [4.78, 5) is 29.0. The number of nitrogens with zero attached hydrogens (tertiary/aromatic N) is 2. The second-order valence-electron chi connectivity index (χ2n) is 9.87. The van der Waals surface area contributed by atoms with E-state index in [0.717, 1.165) is 21.9 Å². The first-order valence-corrected chi connectivity index (χ1v) is 15.4. The minimum absolute atomic E-state index is 0.0328. The SMILES string of the molecule is CC[C@@H](C)NC(=O)[C@@H](CC)N(Cc1cccc(OC)c1)C(=O)CN(c1ccc(C)c(Cl)c1)S(=O)(=O)c1ccccc1. The van der Waals surface area contributed by atoms with E-state index in [1.165, 1.54) is 23.1 Å². The number of benzene rings is 3. The molecule has 0 aliphatic carbocycles. The molecular weight excluding hydrogens is 562 g/mol. The molecular formula is C31H38ClN3O5S. The third-order valence-electron chi connectivity index (χ3n) is 6.93. The molecule has 0 fully saturated rings. The molecule has 2 atom stereocenters. The van der Waals surface area contributed by atoms with Gasteiger partial charge in [0.25, 0.3) is 10.0 Å². The van der Waals surface area contributed by atoms with Gasteiger partial charge in [-0.1, -0.05) is 61.8 Å². The molecule has 0 aromatic heterocycles. The number of carbonyl (C=O) groups is 2. The van der Waals surface area contributed by atoms with Crippen molar-refractivity contribution in [3.8, 4) is 5.75 Å². The number of hydrogen-bond donors (Lipinski definition) is 1. The van der Waals surface area contributed by atoms with E-state index in [1.54, 1.807) is 55.6 Å². The molecule has 10 heteroatoms. The summed E-state index contributed by atoms with van der Waals surface area (Å²) in [7, 11) is -2.61. The Morgan fingerprint density at radius 2 is 1.68 bits per heavy atom. The molecule has 3 aromatic rings. The third-order valence-corrected chi connectivity index (χ3v) is 9.12. The number of carbonyl (C=O) groups excluding carboxylic acids is 2. The van der Waals surface area contributed by atoms with Crippen molar-refractivity contribution in [2.45, 2.75) is 64.1 Å². The van der Waals surface area contributed by atoms with Gasteiger partial charge in [0.1, 0.15) is 18.3 Å². The van der Waals surface area contributed by atoms with Crippen LogP contribution in [0.5, 0.6) is 5.75 Å². The number of sulfonamides is 1. The number of nitrogens with one attached hydrogen (secondary N) is 1. The Hall–Kier alpha value is -3.56. The summed E-state index contributed by atoms with van der Waals surface area (Å²) in [5.74, 6) is -0.223. The lowest BCUT2D eigenvalue weighted by molar-refractivity contribution is -0.140. The fourth-order valence-corrected chi connectivity index (χ4v) is 5.92. The van der Waals surface area contributed by atoms with Crippen molar-refractivity contribution in [2.75, 3.05) is 18.0 Å². The molecule has 220 valence electrons. The van der Waals surface area contributed by atoms with Crippen LogP contribution in [0.25, 0.3) is 0 Å². The van der Waals surface area contributed by atoms with E-state index in [1.807, 2.05) is 33.8 Å². The summed E-state index contributed by atoms with van der Waals surface area (Å²) in [5.41, 5.74) is 1.76. The van der Waals surface area contributed by atoms with E-state index in [2.05, 4.69) is 5.32 Å². The molecule has 0 aliphatic heterocycles. The monoisotopic (exact) mass is 599 g/mol. The number of rotatable bonds is 13. The molecule has 0 saturated carbocycles. The molecule has 0 unspecified atom stereocenters. The first kappa shape index (κ1) is 32.0. The lowest BCUT2D eigenvalue weighted by Crippen LogP contribution is -2.53. The lowest BCUT2D eigenvalue weighted by Gasteiger charge is -2.34. The molecule has 2 amide bonds. The van der Waals surface area contributed by atoms with Gasteiger partial charge in [0.05, 0.1) is 17.7 Å². The maximum atomic E-state index is 14.2. The highest BCUT2D eigenvalue weighted by Gasteiger charge is 2.34. The van der Waals surface area contributed by atoms with Gasteiger partial charge in [-0.3, -0.25) is 13.9 Å². The zero-order valence-electron chi connectivity index (χ0n) is 24.1. The summed E-state index contributed by atoms with van der Waals surface area (Å²) in [5, 5.41) is 3.34. The van der Waals surface area contributed by atoms with Crippen molar-refractivity contribution >= 4 is 39.1 Å². The quantitative estimate of drug-likeness (QED) is 0.277. The van der Waals surface area contributed by atoms with Gasteiger partial charge in [-0.15, -0.1) is 0 Å². The molecule has 1 N–H and O–H groups in total. The van der Waals surface area contributed by atoms with Crippen molar-refractivity contribution in [1.82, 2.24) is 10.2 Å². The molecule has 3 aromatic carbocycles. The highest BCUT2D eigenvalue weighted by atomic mass is 35.5. The molecule has 41 heavy (non-hydrogen) atoms. The van der Waals surface area contributed by atoms with Crippen LogP contribution >= 0.6 is 11.6 Å². The Labute approximate surface area is 248 Å². The van der Waals surface area contributed by atoms with Crippen molar-refractivity contribution in [3.63, 3.8) is 0 Å². The molecule has 0 bridgehead atoms. The lowest BCUT2D eigenvalue weighted by atomic mass is 10.1. The summed E-state index contributed by atoms with van der Waals surface area (Å²) in [6.45, 7) is 7.04. The highest BCUT2D eigenvalue weighted by molar-refractivity contribution is 7.92. The number of anilines is 1. The van der Waals surface area contributed by atoms with Crippen LogP contribution in [0.4, 0.5) is 5.69 Å². The van der Waals surface area contributed by atoms with Crippen molar-refractivity contribution < 1.29 is 22.7 Å². The van der Waals surface area contributed by atoms with E-state index in [4.69, 9.17) is 16.3 Å². The predicted molar refractivity (Wildman–Crippen MR) is 163 cm³/mol. The van der Waals surface area contributed by atoms with Gasteiger partial charge < -0.3 is 15.0 Å². The second kappa shape index (κ2) is 14.4. The number of halogens is 1. The van der Waals surface area contributed by atoms with Crippen LogP contribution in [-0.4, -0.2) is 50.9 Å². The minimum Gasteiger partial charge on any atom is -0.497 e. The van der Waals surface area contributed by atoms with Crippen molar-refractivity contribution in [1.29, 1.82) is 0 Å². The number of methoxy groups -OCH3 is 1. The van der Waals surface area contributed by atoms with E-state index in [-0.39, 0.29) is 29.1 Å². The zero-order chi connectivity index (χ0) is 30.2. The second-order valence-corrected chi connectivity index (χ2v) is 12.1. The first-order valence-electron chi connectivity index (χ1n) is 13.6. The molecule has 0 aliphatic rings. The minimum atomic E-state index is -4.16. The first-order chi connectivity index (χ1) is 19.5. The number of aryl methyl sites for hydroxylation is 1. The summed E-state index contributed by atoms with van der Waals surface area (Å²) in [6.07, 6.45) is 1.06. The summed E-state index contributed by atoms with van der Waals surface area (Å²) >= 11 is 6.38. The van der Waals surface area contributed by atoms with E-state index < -0.39 is 28.5 Å². The Bertz CT molecular complexity index is 1450. The van der Waals surface area contributed by atoms with Gasteiger partial charge in [-0.2, -0.15) is 0 Å². The summed E-state index contributed by atoms with van der Waals surface area (Å²) in [6, 6.07) is 19.1. The Morgan fingerprint density at radius 3 is 2.29 bits per heavy atom. The van der Waals surface area contributed by atoms with Gasteiger partial charge in [-0.05, 0) is 74.2 Å². The van der Waals surface area contributed by atoms with Gasteiger partial charge in [0.15, 0.2) is 0 Å². The molecule has 0 radical (unpaired) electrons. The molecule has 0 saturated heterocycles. The topological polar surface area (TPSA) is 96.0 Å². The summed E-state index contributed by atoms with van der Waals surface area (Å²) < 4.78 is 34.2. The Morgan fingerprint density at radius 1 is 0.976 bits per heavy atom. The molecule has 3 rings (SSSR count). The molecule has 8 nitrogen and oxygen atoms in total. The standard InChI is InChI=1S/C31H38ClN3O5S/c1-6-23(4)33-31(37)29(7-2)34(20-24-12-11-13-26(18-24)40-5)30(36)21-35(25-17-16-22(3)28(32)19-25)41(38,39)27-14-9-8-10-15-27/h8-19,23,29H,6-7,20-21H2,1-5H3,(H,33,37)/t23-,29-/m1/s1. The van der Waals surface area contributed by atoms with Gasteiger partial charge in [-0.25, -0.2) is 8.42 Å². The van der Waals surface area contributed by atoms with Crippen molar-refractivity contribution in [3.05, 3.63) is 88.9 Å². The van der Waals surface area contributed by atoms with Crippen LogP contribution in [-0.2, 0) is 26.2 Å². The largest absolute Gasteiger partial charge is 0.497 e.